The molecule has 1 N–H and O–H groups in total. The highest BCUT2D eigenvalue weighted by Gasteiger charge is 2.41. The summed E-state index contributed by atoms with van der Waals surface area (Å²) < 4.78 is 3.24. The highest BCUT2D eigenvalue weighted by atomic mass is 32.1. The minimum Gasteiger partial charge on any atom is -0.388 e. The molecule has 2 aromatic carbocycles. The van der Waals surface area contributed by atoms with E-state index in [1.54, 1.807) is 22.2 Å². The van der Waals surface area contributed by atoms with E-state index in [1.807, 2.05) is 78.8 Å². The van der Waals surface area contributed by atoms with Gasteiger partial charge in [-0.05, 0) is 62.6 Å². The number of carbonyl (C=O) groups is 1. The van der Waals surface area contributed by atoms with Gasteiger partial charge in [0, 0.05) is 72.2 Å². The van der Waals surface area contributed by atoms with Crippen molar-refractivity contribution in [1.82, 2.24) is 38.9 Å². The zero-order valence-corrected chi connectivity index (χ0v) is 29.3. The number of fused-ring (bicyclic) bond motifs is 1. The maximum absolute atomic E-state index is 14.2. The third-order valence-electron chi connectivity index (χ3n) is 10.4. The number of imidazole rings is 1. The molecule has 11 nitrogen and oxygen atoms in total. The van der Waals surface area contributed by atoms with E-state index >= 15 is 0 Å². The van der Waals surface area contributed by atoms with Gasteiger partial charge in [-0.3, -0.25) is 28.6 Å². The number of aromatic nitrogens is 6. The Labute approximate surface area is 299 Å². The van der Waals surface area contributed by atoms with Crippen molar-refractivity contribution >= 4 is 28.4 Å². The largest absolute Gasteiger partial charge is 0.388 e. The van der Waals surface area contributed by atoms with Crippen LogP contribution in [0.1, 0.15) is 41.3 Å². The van der Waals surface area contributed by atoms with Crippen molar-refractivity contribution in [3.63, 3.8) is 0 Å². The third kappa shape index (κ3) is 6.86. The Morgan fingerprint density at radius 3 is 2.41 bits per heavy atom. The van der Waals surface area contributed by atoms with Crippen LogP contribution in [-0.2, 0) is 17.9 Å². The standard InChI is InChI=1S/C39H40N8O3S/c1-27-12-13-29(20-40-27)36-41-21-31(51-36)22-44-17-14-32(33(23-44)28-8-4-2-5-9-28)37(48)45-18-15-39(50,16-19-45)24-46-25-43-35-34(38(46)49)42-26-47(35)30-10-6-3-7-11-30/h2-13,20-21,25-26,32-33,50H,14-19,22-24H2,1H3/t32-,33+/m1/s1. The van der Waals surface area contributed by atoms with Gasteiger partial charge in [0.05, 0.1) is 12.1 Å². The van der Waals surface area contributed by atoms with Crippen LogP contribution in [0.3, 0.4) is 0 Å². The van der Waals surface area contributed by atoms with Crippen molar-refractivity contribution in [2.45, 2.75) is 50.8 Å². The molecule has 1 amide bonds. The fraction of sp³-hybridized carbons (Fsp3) is 0.333. The number of benzene rings is 2. The van der Waals surface area contributed by atoms with Crippen molar-refractivity contribution in [3.8, 4) is 16.3 Å². The average Bonchev–Trinajstić information content (AvgIpc) is 3.82. The maximum Gasteiger partial charge on any atom is 0.281 e. The van der Waals surface area contributed by atoms with Gasteiger partial charge in [-0.15, -0.1) is 11.3 Å². The summed E-state index contributed by atoms with van der Waals surface area (Å²) in [4.78, 5) is 51.2. The number of thiazole rings is 1. The van der Waals surface area contributed by atoms with E-state index in [4.69, 9.17) is 0 Å². The van der Waals surface area contributed by atoms with Crippen LogP contribution in [0.4, 0.5) is 0 Å². The summed E-state index contributed by atoms with van der Waals surface area (Å²) in [5.74, 6) is 0.0395. The number of para-hydroxylation sites is 1. The molecule has 0 saturated carbocycles. The van der Waals surface area contributed by atoms with E-state index in [1.165, 1.54) is 21.3 Å². The molecule has 2 aliphatic rings. The van der Waals surface area contributed by atoms with Crippen LogP contribution >= 0.6 is 11.3 Å². The fourth-order valence-electron chi connectivity index (χ4n) is 7.50. The van der Waals surface area contributed by atoms with E-state index in [-0.39, 0.29) is 35.4 Å². The van der Waals surface area contributed by atoms with E-state index in [0.717, 1.165) is 48.0 Å². The topological polar surface area (TPSA) is 122 Å². The minimum absolute atomic E-state index is 0.0500. The summed E-state index contributed by atoms with van der Waals surface area (Å²) in [6, 6.07) is 24.1. The van der Waals surface area contributed by atoms with Crippen LogP contribution in [0.25, 0.3) is 27.4 Å². The Hall–Kier alpha value is -5.04. The van der Waals surface area contributed by atoms with Gasteiger partial charge in [-0.25, -0.2) is 15.0 Å². The molecule has 260 valence electrons. The molecule has 0 aliphatic carbocycles. The van der Waals surface area contributed by atoms with Crippen LogP contribution in [-0.4, -0.2) is 81.7 Å². The zero-order valence-electron chi connectivity index (χ0n) is 28.5. The van der Waals surface area contributed by atoms with Gasteiger partial charge in [0.1, 0.15) is 17.7 Å². The molecule has 12 heteroatoms. The summed E-state index contributed by atoms with van der Waals surface area (Å²) in [6.07, 6.45) is 8.44. The number of likely N-dealkylation sites (tertiary alicyclic amines) is 2. The third-order valence-corrected chi connectivity index (χ3v) is 11.4. The molecule has 0 bridgehead atoms. The van der Waals surface area contributed by atoms with Crippen molar-refractivity contribution in [2.24, 2.45) is 5.92 Å². The Kier molecular flexibility index (Phi) is 9.05. The number of pyridine rings is 1. The number of piperidine rings is 2. The Morgan fingerprint density at radius 1 is 0.902 bits per heavy atom. The monoisotopic (exact) mass is 700 g/mol. The first kappa shape index (κ1) is 33.1. The van der Waals surface area contributed by atoms with Gasteiger partial charge in [0.2, 0.25) is 5.91 Å². The lowest BCUT2D eigenvalue weighted by molar-refractivity contribution is -0.142. The number of aliphatic hydroxyl groups is 1. The predicted molar refractivity (Wildman–Crippen MR) is 197 cm³/mol. The molecule has 6 aromatic rings. The van der Waals surface area contributed by atoms with Crippen molar-refractivity contribution in [3.05, 3.63) is 124 Å². The smallest absolute Gasteiger partial charge is 0.281 e. The Balaban J connectivity index is 0.929. The zero-order chi connectivity index (χ0) is 35.0. The summed E-state index contributed by atoms with van der Waals surface area (Å²) in [5, 5.41) is 12.6. The van der Waals surface area contributed by atoms with Gasteiger partial charge < -0.3 is 10.0 Å². The second-order valence-corrected chi connectivity index (χ2v) is 14.9. The van der Waals surface area contributed by atoms with Gasteiger partial charge in [0.15, 0.2) is 11.2 Å². The second kappa shape index (κ2) is 13.9. The molecule has 4 aromatic heterocycles. The summed E-state index contributed by atoms with van der Waals surface area (Å²) in [6.45, 7) is 5.31. The molecule has 51 heavy (non-hydrogen) atoms. The SMILES string of the molecule is Cc1ccc(-c2ncc(CN3CC[C@@H](C(=O)N4CCC(O)(Cn5cnc6c(ncn6-c6ccccc6)c5=O)CC4)[C@H](c4ccccc4)C3)s2)cn1. The molecule has 2 atom stereocenters. The number of hydrogen-bond donors (Lipinski definition) is 1. The lowest BCUT2D eigenvalue weighted by Crippen LogP contribution is -2.53. The lowest BCUT2D eigenvalue weighted by Gasteiger charge is -2.43. The average molecular weight is 701 g/mol. The van der Waals surface area contributed by atoms with Crippen LogP contribution < -0.4 is 5.56 Å². The molecule has 0 unspecified atom stereocenters. The molecular weight excluding hydrogens is 661 g/mol. The highest BCUT2D eigenvalue weighted by molar-refractivity contribution is 7.15. The Morgan fingerprint density at radius 2 is 1.67 bits per heavy atom. The number of hydrogen-bond acceptors (Lipinski definition) is 9. The molecule has 2 aliphatic heterocycles. The maximum atomic E-state index is 14.2. The molecule has 0 radical (unpaired) electrons. The molecule has 2 saturated heterocycles. The van der Waals surface area contributed by atoms with Crippen molar-refractivity contribution in [2.75, 3.05) is 26.2 Å². The predicted octanol–water partition coefficient (Wildman–Crippen LogP) is 5.07. The van der Waals surface area contributed by atoms with Crippen LogP contribution in [0.5, 0.6) is 0 Å². The van der Waals surface area contributed by atoms with Crippen molar-refractivity contribution < 1.29 is 9.90 Å². The number of carbonyl (C=O) groups excluding carboxylic acids is 1. The number of nitrogens with zero attached hydrogens (tertiary/aromatic N) is 8. The van der Waals surface area contributed by atoms with E-state index < -0.39 is 5.60 Å². The number of rotatable bonds is 8. The van der Waals surface area contributed by atoms with E-state index in [9.17, 15) is 14.7 Å². The lowest BCUT2D eigenvalue weighted by atomic mass is 9.79. The normalized spacial score (nSPS) is 19.4. The first-order valence-electron chi connectivity index (χ1n) is 17.5. The molecule has 8 rings (SSSR count). The molecule has 0 spiro atoms. The summed E-state index contributed by atoms with van der Waals surface area (Å²) in [7, 11) is 0. The second-order valence-electron chi connectivity index (χ2n) is 13.8. The van der Waals surface area contributed by atoms with E-state index in [0.29, 0.717) is 31.6 Å². The first-order valence-corrected chi connectivity index (χ1v) is 18.3. The minimum atomic E-state index is -1.14. The van der Waals surface area contributed by atoms with E-state index in [2.05, 4.69) is 43.0 Å². The number of aryl methyl sites for hydroxylation is 1. The summed E-state index contributed by atoms with van der Waals surface area (Å²) in [5.41, 5.74) is 3.35. The number of amides is 1. The molecule has 6 heterocycles. The van der Waals surface area contributed by atoms with Crippen molar-refractivity contribution in [1.29, 1.82) is 0 Å². The Bertz CT molecular complexity index is 2190. The van der Waals surface area contributed by atoms with Crippen LogP contribution in [0.2, 0.25) is 0 Å². The fourth-order valence-corrected chi connectivity index (χ4v) is 8.44. The quantitative estimate of drug-likeness (QED) is 0.234. The molecule has 2 fully saturated rings. The van der Waals surface area contributed by atoms with Gasteiger partial charge in [0.25, 0.3) is 5.56 Å². The first-order chi connectivity index (χ1) is 24.8. The highest BCUT2D eigenvalue weighted by Crippen LogP contribution is 2.37. The summed E-state index contributed by atoms with van der Waals surface area (Å²) >= 11 is 1.69. The van der Waals surface area contributed by atoms with Crippen LogP contribution in [0.15, 0.2) is 103 Å². The van der Waals surface area contributed by atoms with Gasteiger partial charge in [-0.2, -0.15) is 0 Å². The molecular formula is C39H40N8O3S. The van der Waals surface area contributed by atoms with Crippen LogP contribution in [0, 0.1) is 12.8 Å². The van der Waals surface area contributed by atoms with Gasteiger partial charge in [-0.1, -0.05) is 48.5 Å². The van der Waals surface area contributed by atoms with Gasteiger partial charge >= 0.3 is 0 Å².